The number of rotatable bonds is 7. The Kier molecular flexibility index (Phi) is 5.69. The number of sulfone groups is 1. The summed E-state index contributed by atoms with van der Waals surface area (Å²) in [5, 5.41) is 6.40. The highest BCUT2D eigenvalue weighted by atomic mass is 32.2. The van der Waals surface area contributed by atoms with Crippen LogP contribution in [0.4, 0.5) is 11.8 Å². The number of aryl methyl sites for hydroxylation is 1. The molecule has 2 aromatic rings. The van der Waals surface area contributed by atoms with Crippen LogP contribution in [0.25, 0.3) is 0 Å². The Balaban J connectivity index is 1.68. The smallest absolute Gasteiger partial charge is 0.225 e. The first-order chi connectivity index (χ1) is 12.9. The Hall–Kier alpha value is -2.55. The van der Waals surface area contributed by atoms with Crippen LogP contribution in [-0.4, -0.2) is 50.2 Å². The molecule has 9 heteroatoms. The number of benzene rings is 1. The third-order valence-electron chi connectivity index (χ3n) is 4.34. The van der Waals surface area contributed by atoms with E-state index in [1.165, 1.54) is 0 Å². The van der Waals surface area contributed by atoms with Gasteiger partial charge in [-0.05, 0) is 31.0 Å². The maximum Gasteiger partial charge on any atom is 0.225 e. The standard InChI is InChI=1S/C18H24N4O4S/c1-12-8-17(19-10-13-4-5-15(25-2)16(9-13)26-3)22-18(20-12)21-14-6-7-27(23,24)11-14/h4-5,8-9,14H,6-7,10-11H2,1-3H3,(H2,19,20,21,22). The predicted octanol–water partition coefficient (Wildman–Crippen LogP) is 2.01. The fraction of sp³-hybridized carbons (Fsp3) is 0.444. The van der Waals surface area contributed by atoms with Gasteiger partial charge in [0.15, 0.2) is 21.3 Å². The number of nitrogens with one attached hydrogen (secondary N) is 2. The third kappa shape index (κ3) is 5.00. The fourth-order valence-electron chi connectivity index (χ4n) is 3.00. The highest BCUT2D eigenvalue weighted by molar-refractivity contribution is 7.91. The Morgan fingerprint density at radius 1 is 1.15 bits per heavy atom. The van der Waals surface area contributed by atoms with Crippen LogP contribution in [0.15, 0.2) is 24.3 Å². The van der Waals surface area contributed by atoms with E-state index in [0.29, 0.717) is 36.2 Å². The Bertz CT molecular complexity index is 918. The topological polar surface area (TPSA) is 102 Å². The Morgan fingerprint density at radius 3 is 2.59 bits per heavy atom. The number of hydrogen-bond acceptors (Lipinski definition) is 8. The van der Waals surface area contributed by atoms with Crippen LogP contribution >= 0.6 is 0 Å². The molecule has 8 nitrogen and oxygen atoms in total. The Labute approximate surface area is 159 Å². The summed E-state index contributed by atoms with van der Waals surface area (Å²) < 4.78 is 33.8. The minimum Gasteiger partial charge on any atom is -0.493 e. The molecular formula is C18H24N4O4S. The predicted molar refractivity (Wildman–Crippen MR) is 104 cm³/mol. The molecule has 1 aromatic carbocycles. The van der Waals surface area contributed by atoms with E-state index in [2.05, 4.69) is 20.6 Å². The van der Waals surface area contributed by atoms with Gasteiger partial charge in [-0.15, -0.1) is 0 Å². The first-order valence-corrected chi connectivity index (χ1v) is 10.5. The third-order valence-corrected chi connectivity index (χ3v) is 6.11. The zero-order valence-corrected chi connectivity index (χ0v) is 16.5. The summed E-state index contributed by atoms with van der Waals surface area (Å²) in [6.07, 6.45) is 0.577. The summed E-state index contributed by atoms with van der Waals surface area (Å²) in [4.78, 5) is 8.81. The van der Waals surface area contributed by atoms with Crippen molar-refractivity contribution < 1.29 is 17.9 Å². The SMILES string of the molecule is COc1ccc(CNc2cc(C)nc(NC3CCS(=O)(=O)C3)n2)cc1OC. The second-order valence-electron chi connectivity index (χ2n) is 6.51. The maximum atomic E-state index is 11.6. The number of aromatic nitrogens is 2. The quantitative estimate of drug-likeness (QED) is 0.738. The average Bonchev–Trinajstić information content (AvgIpc) is 2.97. The molecule has 1 unspecified atom stereocenters. The van der Waals surface area contributed by atoms with Crippen molar-refractivity contribution in [3.05, 3.63) is 35.5 Å². The molecule has 0 aliphatic carbocycles. The molecule has 1 fully saturated rings. The van der Waals surface area contributed by atoms with Gasteiger partial charge in [-0.1, -0.05) is 6.07 Å². The van der Waals surface area contributed by atoms with Crippen molar-refractivity contribution in [1.29, 1.82) is 0 Å². The van der Waals surface area contributed by atoms with E-state index in [0.717, 1.165) is 11.3 Å². The summed E-state index contributed by atoms with van der Waals surface area (Å²) in [5.41, 5.74) is 1.81. The van der Waals surface area contributed by atoms with Gasteiger partial charge in [0.2, 0.25) is 5.95 Å². The van der Waals surface area contributed by atoms with E-state index in [9.17, 15) is 8.42 Å². The second-order valence-corrected chi connectivity index (χ2v) is 8.73. The van der Waals surface area contributed by atoms with Crippen LogP contribution in [-0.2, 0) is 16.4 Å². The lowest BCUT2D eigenvalue weighted by Gasteiger charge is -2.14. The molecule has 146 valence electrons. The van der Waals surface area contributed by atoms with Gasteiger partial charge in [0.1, 0.15) is 5.82 Å². The van der Waals surface area contributed by atoms with Crippen molar-refractivity contribution in [3.63, 3.8) is 0 Å². The number of ether oxygens (including phenoxy) is 2. The van der Waals surface area contributed by atoms with Gasteiger partial charge >= 0.3 is 0 Å². The van der Waals surface area contributed by atoms with Gasteiger partial charge in [0, 0.05) is 24.3 Å². The lowest BCUT2D eigenvalue weighted by molar-refractivity contribution is 0.354. The van der Waals surface area contributed by atoms with Crippen LogP contribution in [0.1, 0.15) is 17.7 Å². The molecule has 1 aliphatic rings. The van der Waals surface area contributed by atoms with E-state index >= 15 is 0 Å². The molecule has 2 N–H and O–H groups in total. The maximum absolute atomic E-state index is 11.6. The number of hydrogen-bond donors (Lipinski definition) is 2. The summed E-state index contributed by atoms with van der Waals surface area (Å²) >= 11 is 0. The van der Waals surface area contributed by atoms with Crippen molar-refractivity contribution in [2.24, 2.45) is 0 Å². The molecule has 0 saturated carbocycles. The van der Waals surface area contributed by atoms with Crippen LogP contribution in [0.2, 0.25) is 0 Å². The van der Waals surface area contributed by atoms with Crippen LogP contribution in [0.5, 0.6) is 11.5 Å². The average molecular weight is 392 g/mol. The van der Waals surface area contributed by atoms with Crippen molar-refractivity contribution in [1.82, 2.24) is 9.97 Å². The molecule has 0 spiro atoms. The Morgan fingerprint density at radius 2 is 1.93 bits per heavy atom. The number of nitrogens with zero attached hydrogens (tertiary/aromatic N) is 2. The first-order valence-electron chi connectivity index (χ1n) is 8.66. The van der Waals surface area contributed by atoms with E-state index in [4.69, 9.17) is 9.47 Å². The van der Waals surface area contributed by atoms with Crippen LogP contribution in [0.3, 0.4) is 0 Å². The molecule has 0 bridgehead atoms. The highest BCUT2D eigenvalue weighted by Crippen LogP contribution is 2.27. The number of methoxy groups -OCH3 is 2. The summed E-state index contributed by atoms with van der Waals surface area (Å²) in [6, 6.07) is 7.41. The van der Waals surface area contributed by atoms with Gasteiger partial charge in [-0.2, -0.15) is 4.98 Å². The lowest BCUT2D eigenvalue weighted by atomic mass is 10.2. The molecule has 1 saturated heterocycles. The zero-order chi connectivity index (χ0) is 19.4. The number of anilines is 2. The largest absolute Gasteiger partial charge is 0.493 e. The highest BCUT2D eigenvalue weighted by Gasteiger charge is 2.28. The molecule has 1 atom stereocenters. The lowest BCUT2D eigenvalue weighted by Crippen LogP contribution is -2.22. The minimum absolute atomic E-state index is 0.124. The molecule has 2 heterocycles. The van der Waals surface area contributed by atoms with E-state index in [-0.39, 0.29) is 17.5 Å². The van der Waals surface area contributed by atoms with Crippen LogP contribution < -0.4 is 20.1 Å². The van der Waals surface area contributed by atoms with E-state index in [1.54, 1.807) is 14.2 Å². The molecule has 1 aromatic heterocycles. The van der Waals surface area contributed by atoms with Crippen molar-refractivity contribution >= 4 is 21.6 Å². The van der Waals surface area contributed by atoms with Crippen LogP contribution in [0, 0.1) is 6.92 Å². The second kappa shape index (κ2) is 7.99. The fourth-order valence-corrected chi connectivity index (χ4v) is 4.67. The first kappa shape index (κ1) is 19.2. The van der Waals surface area contributed by atoms with Gasteiger partial charge in [0.25, 0.3) is 0 Å². The van der Waals surface area contributed by atoms with Gasteiger partial charge in [-0.25, -0.2) is 13.4 Å². The molecule has 27 heavy (non-hydrogen) atoms. The molecule has 1 aliphatic heterocycles. The van der Waals surface area contributed by atoms with Crippen molar-refractivity contribution in [3.8, 4) is 11.5 Å². The van der Waals surface area contributed by atoms with Crippen molar-refractivity contribution in [2.45, 2.75) is 25.9 Å². The minimum atomic E-state index is -2.95. The summed E-state index contributed by atoms with van der Waals surface area (Å²) in [7, 11) is 0.252. The summed E-state index contributed by atoms with van der Waals surface area (Å²) in [5.74, 6) is 2.78. The molecule has 0 radical (unpaired) electrons. The molecular weight excluding hydrogens is 368 g/mol. The summed E-state index contributed by atoms with van der Waals surface area (Å²) in [6.45, 7) is 2.42. The van der Waals surface area contributed by atoms with Gasteiger partial charge in [-0.3, -0.25) is 0 Å². The van der Waals surface area contributed by atoms with Gasteiger partial charge < -0.3 is 20.1 Å². The van der Waals surface area contributed by atoms with E-state index in [1.807, 2.05) is 31.2 Å². The molecule has 0 amide bonds. The van der Waals surface area contributed by atoms with Gasteiger partial charge in [0.05, 0.1) is 25.7 Å². The van der Waals surface area contributed by atoms with E-state index < -0.39 is 9.84 Å². The normalized spacial score (nSPS) is 18.1. The molecule has 3 rings (SSSR count). The van der Waals surface area contributed by atoms with Crippen molar-refractivity contribution in [2.75, 3.05) is 36.4 Å². The monoisotopic (exact) mass is 392 g/mol. The zero-order valence-electron chi connectivity index (χ0n) is 15.7.